The molecule has 1 aromatic heterocycles. The molecule has 0 radical (unpaired) electrons. The number of nitrogens with zero attached hydrogens (tertiary/aromatic N) is 3. The van der Waals surface area contributed by atoms with Gasteiger partial charge >= 0.3 is 0 Å². The van der Waals surface area contributed by atoms with E-state index in [2.05, 4.69) is 23.8 Å². The fraction of sp³-hybridized carbons (Fsp3) is 0.667. The molecule has 2 rings (SSSR count). The van der Waals surface area contributed by atoms with Crippen LogP contribution in [0.4, 0.5) is 5.82 Å². The van der Waals surface area contributed by atoms with Crippen LogP contribution < -0.4 is 10.6 Å². The summed E-state index contributed by atoms with van der Waals surface area (Å²) in [6.07, 6.45) is 0.340. The van der Waals surface area contributed by atoms with E-state index in [1.165, 1.54) is 0 Å². The number of aryl methyl sites for hydroxylation is 2. The normalized spacial score (nSPS) is 24.3. The average Bonchev–Trinajstić information content (AvgIpc) is 2.51. The van der Waals surface area contributed by atoms with Crippen molar-refractivity contribution in [3.63, 3.8) is 0 Å². The van der Waals surface area contributed by atoms with Crippen molar-refractivity contribution in [1.82, 2.24) is 9.78 Å². The molecule has 0 aliphatic carbocycles. The van der Waals surface area contributed by atoms with Crippen molar-refractivity contribution < 1.29 is 4.74 Å². The third-order valence-corrected chi connectivity index (χ3v) is 3.18. The van der Waals surface area contributed by atoms with Crippen molar-refractivity contribution >= 4 is 11.7 Å². The van der Waals surface area contributed by atoms with Gasteiger partial charge in [-0.1, -0.05) is 0 Å². The van der Waals surface area contributed by atoms with Crippen LogP contribution in [-0.2, 0) is 11.8 Å². The van der Waals surface area contributed by atoms with Crippen LogP contribution in [0.25, 0.3) is 0 Å². The molecule has 6 heteroatoms. The van der Waals surface area contributed by atoms with E-state index in [0.717, 1.165) is 30.2 Å². The van der Waals surface area contributed by atoms with Gasteiger partial charge in [-0.25, -0.2) is 0 Å². The number of anilines is 1. The van der Waals surface area contributed by atoms with Gasteiger partial charge < -0.3 is 15.4 Å². The van der Waals surface area contributed by atoms with Gasteiger partial charge in [-0.3, -0.25) is 10.1 Å². The molecule has 3 N–H and O–H groups in total. The lowest BCUT2D eigenvalue weighted by molar-refractivity contribution is -0.00565. The smallest absolute Gasteiger partial charge is 0.138 e. The summed E-state index contributed by atoms with van der Waals surface area (Å²) in [5.41, 5.74) is 7.21. The lowest BCUT2D eigenvalue weighted by Crippen LogP contribution is -2.46. The summed E-state index contributed by atoms with van der Waals surface area (Å²) >= 11 is 0. The number of morpholine rings is 1. The van der Waals surface area contributed by atoms with Gasteiger partial charge in [-0.05, 0) is 20.8 Å². The quantitative estimate of drug-likeness (QED) is 0.596. The Bertz CT molecular complexity index is 457. The van der Waals surface area contributed by atoms with Crippen molar-refractivity contribution in [1.29, 1.82) is 5.41 Å². The van der Waals surface area contributed by atoms with Crippen LogP contribution in [0.2, 0.25) is 0 Å². The largest absolute Gasteiger partial charge is 0.384 e. The molecule has 0 aromatic carbocycles. The SMILES string of the molecule is Cc1nn(C)c(N2CC(C)OC(C)C2)c1C(=N)N. The first-order valence-electron chi connectivity index (χ1n) is 6.18. The molecule has 1 aliphatic rings. The van der Waals surface area contributed by atoms with Crippen LogP contribution in [0.5, 0.6) is 0 Å². The number of aromatic nitrogens is 2. The molecule has 1 aromatic rings. The first-order valence-corrected chi connectivity index (χ1v) is 6.18. The molecule has 6 nitrogen and oxygen atoms in total. The number of ether oxygens (including phenoxy) is 1. The number of hydrogen-bond donors (Lipinski definition) is 2. The van der Waals surface area contributed by atoms with Gasteiger partial charge in [-0.2, -0.15) is 5.10 Å². The fourth-order valence-corrected chi connectivity index (χ4v) is 2.67. The Morgan fingerprint density at radius 3 is 2.44 bits per heavy atom. The van der Waals surface area contributed by atoms with Crippen LogP contribution in [-0.4, -0.2) is 40.9 Å². The molecule has 100 valence electrons. The molecular weight excluding hydrogens is 230 g/mol. The highest BCUT2D eigenvalue weighted by molar-refractivity contribution is 6.00. The van der Waals surface area contributed by atoms with Crippen LogP contribution in [0.3, 0.4) is 0 Å². The van der Waals surface area contributed by atoms with Crippen molar-refractivity contribution in [3.8, 4) is 0 Å². The molecule has 1 aliphatic heterocycles. The van der Waals surface area contributed by atoms with Crippen molar-refractivity contribution in [3.05, 3.63) is 11.3 Å². The zero-order valence-electron chi connectivity index (χ0n) is 11.4. The van der Waals surface area contributed by atoms with E-state index < -0.39 is 0 Å². The second-order valence-electron chi connectivity index (χ2n) is 4.98. The van der Waals surface area contributed by atoms with Gasteiger partial charge in [0.15, 0.2) is 0 Å². The number of rotatable bonds is 2. The van der Waals surface area contributed by atoms with E-state index in [0.29, 0.717) is 0 Å². The van der Waals surface area contributed by atoms with Gasteiger partial charge in [0.05, 0.1) is 23.5 Å². The number of nitrogens with two attached hydrogens (primary N) is 1. The molecule has 18 heavy (non-hydrogen) atoms. The molecule has 0 amide bonds. The second-order valence-corrected chi connectivity index (χ2v) is 4.98. The van der Waals surface area contributed by atoms with E-state index in [1.807, 2.05) is 14.0 Å². The van der Waals surface area contributed by atoms with E-state index in [-0.39, 0.29) is 18.0 Å². The minimum Gasteiger partial charge on any atom is -0.384 e. The van der Waals surface area contributed by atoms with Gasteiger partial charge in [0.25, 0.3) is 0 Å². The Morgan fingerprint density at radius 1 is 1.39 bits per heavy atom. The molecule has 0 spiro atoms. The van der Waals surface area contributed by atoms with Gasteiger partial charge in [0, 0.05) is 20.1 Å². The highest BCUT2D eigenvalue weighted by Gasteiger charge is 2.28. The summed E-state index contributed by atoms with van der Waals surface area (Å²) in [6, 6.07) is 0. The van der Waals surface area contributed by atoms with E-state index in [9.17, 15) is 0 Å². The van der Waals surface area contributed by atoms with Crippen LogP contribution in [0.15, 0.2) is 0 Å². The maximum atomic E-state index is 7.72. The van der Waals surface area contributed by atoms with Crippen molar-refractivity contribution in [2.45, 2.75) is 33.0 Å². The predicted molar refractivity (Wildman–Crippen MR) is 71.2 cm³/mol. The van der Waals surface area contributed by atoms with Crippen LogP contribution in [0.1, 0.15) is 25.1 Å². The van der Waals surface area contributed by atoms with Crippen LogP contribution in [0, 0.1) is 12.3 Å². The first-order chi connectivity index (χ1) is 8.40. The minimum atomic E-state index is 0.0717. The zero-order valence-corrected chi connectivity index (χ0v) is 11.4. The van der Waals surface area contributed by atoms with E-state index in [1.54, 1.807) is 4.68 Å². The number of hydrogen-bond acceptors (Lipinski definition) is 4. The molecule has 0 bridgehead atoms. The monoisotopic (exact) mass is 251 g/mol. The van der Waals surface area contributed by atoms with Gasteiger partial charge in [0.2, 0.25) is 0 Å². The summed E-state index contributed by atoms with van der Waals surface area (Å²) in [7, 11) is 1.89. The first kappa shape index (κ1) is 12.9. The Hall–Kier alpha value is -1.56. The Morgan fingerprint density at radius 2 is 1.94 bits per heavy atom. The maximum absolute atomic E-state index is 7.72. The number of nitrogens with one attached hydrogen (secondary N) is 1. The molecule has 2 unspecified atom stereocenters. The standard InChI is InChI=1S/C12H21N5O/c1-7-5-17(6-8(2)18-7)12-10(11(13)14)9(3)15-16(12)4/h7-8H,5-6H2,1-4H3,(H3,13,14). The molecule has 2 heterocycles. The lowest BCUT2D eigenvalue weighted by Gasteiger charge is -2.37. The summed E-state index contributed by atoms with van der Waals surface area (Å²) in [6.45, 7) is 7.58. The summed E-state index contributed by atoms with van der Waals surface area (Å²) in [5.74, 6) is 0.990. The zero-order chi connectivity index (χ0) is 13.4. The Balaban J connectivity index is 2.41. The highest BCUT2D eigenvalue weighted by Crippen LogP contribution is 2.25. The lowest BCUT2D eigenvalue weighted by atomic mass is 10.1. The molecule has 1 fully saturated rings. The number of amidine groups is 1. The average molecular weight is 251 g/mol. The molecule has 0 saturated carbocycles. The van der Waals surface area contributed by atoms with Gasteiger partial charge in [-0.15, -0.1) is 0 Å². The van der Waals surface area contributed by atoms with Gasteiger partial charge in [0.1, 0.15) is 11.7 Å². The van der Waals surface area contributed by atoms with Crippen molar-refractivity contribution in [2.24, 2.45) is 12.8 Å². The van der Waals surface area contributed by atoms with E-state index in [4.69, 9.17) is 15.9 Å². The Labute approximate surface area is 107 Å². The third-order valence-electron chi connectivity index (χ3n) is 3.18. The van der Waals surface area contributed by atoms with Crippen molar-refractivity contribution in [2.75, 3.05) is 18.0 Å². The fourth-order valence-electron chi connectivity index (χ4n) is 2.67. The molecule has 1 saturated heterocycles. The predicted octanol–water partition coefficient (Wildman–Crippen LogP) is 0.626. The summed E-state index contributed by atoms with van der Waals surface area (Å²) in [4.78, 5) is 2.20. The summed E-state index contributed by atoms with van der Waals surface area (Å²) < 4.78 is 7.53. The van der Waals surface area contributed by atoms with E-state index >= 15 is 0 Å². The second kappa shape index (κ2) is 4.61. The number of nitrogen functional groups attached to an aromatic ring is 1. The Kier molecular flexibility index (Phi) is 3.30. The third kappa shape index (κ3) is 2.20. The summed E-state index contributed by atoms with van der Waals surface area (Å²) in [5, 5.41) is 12.1. The highest BCUT2D eigenvalue weighted by atomic mass is 16.5. The molecular formula is C12H21N5O. The maximum Gasteiger partial charge on any atom is 0.138 e. The molecule has 2 atom stereocenters. The van der Waals surface area contributed by atoms with Crippen LogP contribution >= 0.6 is 0 Å². The minimum absolute atomic E-state index is 0.0717. The topological polar surface area (TPSA) is 80.2 Å².